The van der Waals surface area contributed by atoms with Crippen molar-refractivity contribution in [3.63, 3.8) is 0 Å². The molecule has 1 saturated heterocycles. The van der Waals surface area contributed by atoms with Crippen LogP contribution in [0.15, 0.2) is 0 Å². The summed E-state index contributed by atoms with van der Waals surface area (Å²) in [5.74, 6) is 0. The average Bonchev–Trinajstić information content (AvgIpc) is 2.84. The topological polar surface area (TPSA) is 24.1 Å². The lowest BCUT2D eigenvalue weighted by atomic mass is 10.2. The lowest BCUT2D eigenvalue weighted by Gasteiger charge is -2.09. The van der Waals surface area contributed by atoms with Crippen molar-refractivity contribution < 1.29 is 0 Å². The van der Waals surface area contributed by atoms with Crippen molar-refractivity contribution in [1.82, 2.24) is 10.6 Å². The van der Waals surface area contributed by atoms with E-state index < -0.39 is 0 Å². The Morgan fingerprint density at radius 2 is 2.27 bits per heavy atom. The molecule has 2 nitrogen and oxygen atoms in total. The second-order valence-corrected chi connectivity index (χ2v) is 4.48. The van der Waals surface area contributed by atoms with Crippen LogP contribution in [0.25, 0.3) is 0 Å². The molecule has 0 amide bonds. The van der Waals surface area contributed by atoms with Crippen molar-refractivity contribution in [2.75, 3.05) is 13.1 Å². The first-order valence-electron chi connectivity index (χ1n) is 4.86. The number of rotatable bonds is 2. The molecule has 1 heterocycles. The van der Waals surface area contributed by atoms with Crippen LogP contribution in [0.2, 0.25) is 0 Å². The highest BCUT2D eigenvalue weighted by Gasteiger charge is 2.62. The molecule has 3 fully saturated rings. The van der Waals surface area contributed by atoms with Gasteiger partial charge in [-0.25, -0.2) is 0 Å². The highest BCUT2D eigenvalue weighted by Crippen LogP contribution is 2.66. The van der Waals surface area contributed by atoms with Crippen molar-refractivity contribution in [1.29, 1.82) is 0 Å². The van der Waals surface area contributed by atoms with Crippen LogP contribution in [-0.2, 0) is 0 Å². The van der Waals surface area contributed by atoms with Crippen LogP contribution in [0, 0.1) is 5.41 Å². The van der Waals surface area contributed by atoms with E-state index in [4.69, 9.17) is 0 Å². The Balaban J connectivity index is 1.51. The van der Waals surface area contributed by atoms with E-state index in [0.29, 0.717) is 0 Å². The van der Waals surface area contributed by atoms with Gasteiger partial charge in [-0.1, -0.05) is 0 Å². The molecule has 2 heteroatoms. The van der Waals surface area contributed by atoms with Crippen molar-refractivity contribution in [2.24, 2.45) is 5.41 Å². The van der Waals surface area contributed by atoms with Crippen molar-refractivity contribution in [2.45, 2.75) is 37.8 Å². The minimum Gasteiger partial charge on any atom is -0.315 e. The van der Waals surface area contributed by atoms with Crippen LogP contribution in [0.4, 0.5) is 0 Å². The molecule has 3 aliphatic rings. The summed E-state index contributed by atoms with van der Waals surface area (Å²) in [5.41, 5.74) is 0.836. The summed E-state index contributed by atoms with van der Waals surface area (Å²) in [7, 11) is 0. The summed E-state index contributed by atoms with van der Waals surface area (Å²) < 4.78 is 0. The Morgan fingerprint density at radius 1 is 1.36 bits per heavy atom. The zero-order chi connectivity index (χ0) is 7.31. The molecule has 1 aliphatic heterocycles. The zero-order valence-electron chi connectivity index (χ0n) is 6.90. The van der Waals surface area contributed by atoms with E-state index in [9.17, 15) is 0 Å². The lowest BCUT2D eigenvalue weighted by Crippen LogP contribution is -2.33. The molecule has 0 aromatic carbocycles. The summed E-state index contributed by atoms with van der Waals surface area (Å²) in [6, 6.07) is 1.70. The van der Waals surface area contributed by atoms with E-state index in [-0.39, 0.29) is 0 Å². The van der Waals surface area contributed by atoms with E-state index >= 15 is 0 Å². The van der Waals surface area contributed by atoms with Gasteiger partial charge in [0, 0.05) is 18.6 Å². The van der Waals surface area contributed by atoms with Gasteiger partial charge in [0.05, 0.1) is 0 Å². The molecular weight excluding hydrogens is 136 g/mol. The Hall–Kier alpha value is -0.0800. The Labute approximate surface area is 67.7 Å². The van der Waals surface area contributed by atoms with Gasteiger partial charge in [-0.3, -0.25) is 0 Å². The predicted molar refractivity (Wildman–Crippen MR) is 44.5 cm³/mol. The summed E-state index contributed by atoms with van der Waals surface area (Å²) in [6.07, 6.45) is 5.83. The number of hydrogen-bond donors (Lipinski definition) is 2. The second-order valence-electron chi connectivity index (χ2n) is 4.48. The first kappa shape index (κ1) is 6.44. The third-order valence-electron chi connectivity index (χ3n) is 3.58. The van der Waals surface area contributed by atoms with Crippen LogP contribution >= 0.6 is 0 Å². The van der Waals surface area contributed by atoms with E-state index in [1.54, 1.807) is 0 Å². The van der Waals surface area contributed by atoms with Crippen LogP contribution in [0.5, 0.6) is 0 Å². The van der Waals surface area contributed by atoms with Gasteiger partial charge in [0.2, 0.25) is 0 Å². The van der Waals surface area contributed by atoms with Crippen molar-refractivity contribution in [3.05, 3.63) is 0 Å². The first-order chi connectivity index (χ1) is 5.39. The molecule has 11 heavy (non-hydrogen) atoms. The average molecular weight is 152 g/mol. The summed E-state index contributed by atoms with van der Waals surface area (Å²) >= 11 is 0. The van der Waals surface area contributed by atoms with Gasteiger partial charge in [0.25, 0.3) is 0 Å². The second kappa shape index (κ2) is 1.99. The van der Waals surface area contributed by atoms with Crippen molar-refractivity contribution >= 4 is 0 Å². The minimum absolute atomic E-state index is 0.792. The van der Waals surface area contributed by atoms with Gasteiger partial charge < -0.3 is 10.6 Å². The fourth-order valence-corrected chi connectivity index (χ4v) is 2.38. The molecule has 3 rings (SSSR count). The Morgan fingerprint density at radius 3 is 2.82 bits per heavy atom. The summed E-state index contributed by atoms with van der Waals surface area (Å²) in [4.78, 5) is 0. The van der Waals surface area contributed by atoms with E-state index in [1.807, 2.05) is 0 Å². The maximum absolute atomic E-state index is 3.74. The molecule has 2 unspecified atom stereocenters. The van der Waals surface area contributed by atoms with Gasteiger partial charge >= 0.3 is 0 Å². The van der Waals surface area contributed by atoms with Gasteiger partial charge in [-0.2, -0.15) is 0 Å². The third kappa shape index (κ3) is 1.00. The Kier molecular flexibility index (Phi) is 1.16. The fourth-order valence-electron chi connectivity index (χ4n) is 2.38. The highest BCUT2D eigenvalue weighted by molar-refractivity contribution is 5.17. The Bertz CT molecular complexity index is 166. The molecule has 2 aliphatic carbocycles. The van der Waals surface area contributed by atoms with Gasteiger partial charge in [0.15, 0.2) is 0 Å². The maximum Gasteiger partial charge on any atom is 0.0207 e. The van der Waals surface area contributed by atoms with Gasteiger partial charge in [-0.05, 0) is 37.6 Å². The smallest absolute Gasteiger partial charge is 0.0207 e. The lowest BCUT2D eigenvalue weighted by molar-refractivity contribution is 0.519. The zero-order valence-corrected chi connectivity index (χ0v) is 6.90. The highest BCUT2D eigenvalue weighted by atomic mass is 15.1. The quantitative estimate of drug-likeness (QED) is 0.602. The van der Waals surface area contributed by atoms with Crippen LogP contribution in [0.3, 0.4) is 0 Å². The molecule has 0 aromatic rings. The van der Waals surface area contributed by atoms with Gasteiger partial charge in [-0.15, -0.1) is 0 Å². The maximum atomic E-state index is 3.74. The largest absolute Gasteiger partial charge is 0.315 e. The summed E-state index contributed by atoms with van der Waals surface area (Å²) in [6.45, 7) is 2.42. The third-order valence-corrected chi connectivity index (χ3v) is 3.58. The normalized spacial score (nSPS) is 44.7. The number of nitrogens with one attached hydrogen (secondary N) is 2. The molecule has 0 aromatic heterocycles. The predicted octanol–water partition coefficient (Wildman–Crippen LogP) is 0.490. The minimum atomic E-state index is 0.792. The van der Waals surface area contributed by atoms with Crippen LogP contribution in [0.1, 0.15) is 25.7 Å². The van der Waals surface area contributed by atoms with E-state index in [1.165, 1.54) is 38.8 Å². The van der Waals surface area contributed by atoms with E-state index in [0.717, 1.165) is 17.5 Å². The number of hydrogen-bond acceptors (Lipinski definition) is 2. The fraction of sp³-hybridized carbons (Fsp3) is 1.00. The van der Waals surface area contributed by atoms with Crippen LogP contribution < -0.4 is 10.6 Å². The molecule has 2 N–H and O–H groups in total. The summed E-state index contributed by atoms with van der Waals surface area (Å²) in [5, 5.41) is 7.13. The van der Waals surface area contributed by atoms with E-state index in [2.05, 4.69) is 10.6 Å². The van der Waals surface area contributed by atoms with Crippen molar-refractivity contribution in [3.8, 4) is 0 Å². The molecule has 62 valence electrons. The molecular formula is C9H16N2. The molecule has 2 atom stereocenters. The molecule has 0 bridgehead atoms. The molecule has 0 radical (unpaired) electrons. The van der Waals surface area contributed by atoms with Gasteiger partial charge in [0.1, 0.15) is 0 Å². The standard InChI is InChI=1S/C9H16N2/c1-4-10-6-7(1)11-8-5-9(8)2-3-9/h7-8,10-11H,1-6H2. The molecule has 1 spiro atoms. The van der Waals surface area contributed by atoms with Crippen LogP contribution in [-0.4, -0.2) is 25.2 Å². The monoisotopic (exact) mass is 152 g/mol. The SMILES string of the molecule is C1CC(NC2CC23CC3)CN1. The first-order valence-corrected chi connectivity index (χ1v) is 4.86. The molecule has 2 saturated carbocycles.